The number of anilines is 1. The SMILES string of the molecule is C[C@H](Nc1nnc(-c2ccc(Cl)c(-c3ccn[nH]3)c2)o1)C(=O)N1CCC2(CC1)CC2. The van der Waals surface area contributed by atoms with Gasteiger partial charge in [0.2, 0.25) is 11.8 Å². The number of aromatic nitrogens is 4. The number of carbonyl (C=O) groups is 1. The van der Waals surface area contributed by atoms with Crippen LogP contribution >= 0.6 is 11.6 Å². The molecule has 2 aliphatic rings. The molecule has 1 saturated carbocycles. The molecule has 156 valence electrons. The van der Waals surface area contributed by atoms with Crippen molar-refractivity contribution in [1.29, 1.82) is 0 Å². The van der Waals surface area contributed by atoms with E-state index in [0.717, 1.165) is 42.8 Å². The van der Waals surface area contributed by atoms with Crippen LogP contribution in [-0.2, 0) is 4.79 Å². The van der Waals surface area contributed by atoms with Gasteiger partial charge in [-0.25, -0.2) is 0 Å². The molecule has 0 unspecified atom stereocenters. The Balaban J connectivity index is 1.26. The molecule has 0 bridgehead atoms. The van der Waals surface area contributed by atoms with Gasteiger partial charge in [0.25, 0.3) is 0 Å². The van der Waals surface area contributed by atoms with Crippen molar-refractivity contribution >= 4 is 23.5 Å². The Labute approximate surface area is 179 Å². The Morgan fingerprint density at radius 3 is 2.73 bits per heavy atom. The number of rotatable bonds is 5. The second-order valence-corrected chi connectivity index (χ2v) is 8.68. The Kier molecular flexibility index (Phi) is 4.73. The first-order valence-corrected chi connectivity index (χ1v) is 10.6. The number of nitrogens with one attached hydrogen (secondary N) is 2. The van der Waals surface area contributed by atoms with Crippen LogP contribution in [0.15, 0.2) is 34.9 Å². The molecule has 1 aromatic carbocycles. The molecule has 2 fully saturated rings. The highest BCUT2D eigenvalue weighted by Crippen LogP contribution is 2.53. The molecule has 9 heteroatoms. The van der Waals surface area contributed by atoms with Crippen LogP contribution in [0.2, 0.25) is 5.02 Å². The normalized spacial score (nSPS) is 18.4. The predicted octanol–water partition coefficient (Wildman–Crippen LogP) is 3.98. The van der Waals surface area contributed by atoms with Gasteiger partial charge in [-0.15, -0.1) is 5.10 Å². The molecule has 1 atom stereocenters. The minimum absolute atomic E-state index is 0.0678. The molecule has 0 radical (unpaired) electrons. The third-order valence-corrected chi connectivity index (χ3v) is 6.56. The molecule has 30 heavy (non-hydrogen) atoms. The van der Waals surface area contributed by atoms with Crippen molar-refractivity contribution in [2.45, 2.75) is 38.6 Å². The lowest BCUT2D eigenvalue weighted by Crippen LogP contribution is -2.45. The summed E-state index contributed by atoms with van der Waals surface area (Å²) in [4.78, 5) is 14.7. The molecule has 2 aromatic heterocycles. The van der Waals surface area contributed by atoms with Crippen LogP contribution in [0.25, 0.3) is 22.7 Å². The van der Waals surface area contributed by atoms with Crippen molar-refractivity contribution in [1.82, 2.24) is 25.3 Å². The summed E-state index contributed by atoms with van der Waals surface area (Å²) in [6, 6.07) is 7.08. The minimum Gasteiger partial charge on any atom is -0.403 e. The molecule has 2 N–H and O–H groups in total. The monoisotopic (exact) mass is 426 g/mol. The average molecular weight is 427 g/mol. The number of halogens is 1. The van der Waals surface area contributed by atoms with Crippen LogP contribution in [0.5, 0.6) is 0 Å². The maximum atomic E-state index is 12.8. The van der Waals surface area contributed by atoms with Gasteiger partial charge in [0.05, 0.1) is 5.69 Å². The summed E-state index contributed by atoms with van der Waals surface area (Å²) in [5.74, 6) is 0.418. The summed E-state index contributed by atoms with van der Waals surface area (Å²) in [6.45, 7) is 3.49. The molecule has 1 aliphatic carbocycles. The maximum absolute atomic E-state index is 12.8. The van der Waals surface area contributed by atoms with Gasteiger partial charge in [-0.3, -0.25) is 9.89 Å². The van der Waals surface area contributed by atoms with Crippen molar-refractivity contribution in [2.24, 2.45) is 5.41 Å². The van der Waals surface area contributed by atoms with Crippen LogP contribution < -0.4 is 5.32 Å². The third-order valence-electron chi connectivity index (χ3n) is 6.23. The third kappa shape index (κ3) is 3.67. The van der Waals surface area contributed by atoms with Crippen LogP contribution in [-0.4, -0.2) is 50.3 Å². The molecular weight excluding hydrogens is 404 g/mol. The standard InChI is InChI=1S/C21H23ClN6O2/c1-13(19(29)28-10-7-21(5-6-21)8-11-28)24-20-27-26-18(30-20)14-2-3-16(22)15(12-14)17-4-9-23-25-17/h2-4,9,12-13H,5-8,10-11H2,1H3,(H,23,25)(H,24,27)/t13-/m0/s1. The number of benzene rings is 1. The first-order valence-electron chi connectivity index (χ1n) is 10.2. The molecular formula is C21H23ClN6O2. The number of hydrogen-bond acceptors (Lipinski definition) is 6. The zero-order chi connectivity index (χ0) is 20.7. The molecule has 8 nitrogen and oxygen atoms in total. The van der Waals surface area contributed by atoms with Gasteiger partial charge in [0, 0.05) is 35.4 Å². The topological polar surface area (TPSA) is 99.9 Å². The quantitative estimate of drug-likeness (QED) is 0.640. The molecule has 1 saturated heterocycles. The predicted molar refractivity (Wildman–Crippen MR) is 113 cm³/mol. The van der Waals surface area contributed by atoms with E-state index >= 15 is 0 Å². The Hall–Kier alpha value is -2.87. The largest absolute Gasteiger partial charge is 0.403 e. The number of likely N-dealkylation sites (tertiary alicyclic amines) is 1. The highest BCUT2D eigenvalue weighted by molar-refractivity contribution is 6.33. The summed E-state index contributed by atoms with van der Waals surface area (Å²) in [6.07, 6.45) is 6.54. The van der Waals surface area contributed by atoms with E-state index in [1.807, 2.05) is 30.0 Å². The van der Waals surface area contributed by atoms with E-state index in [1.165, 1.54) is 12.8 Å². The number of H-pyrrole nitrogens is 1. The molecule has 3 aromatic rings. The molecule has 5 rings (SSSR count). The van der Waals surface area contributed by atoms with Crippen LogP contribution in [0.1, 0.15) is 32.6 Å². The van der Waals surface area contributed by atoms with Crippen molar-refractivity contribution < 1.29 is 9.21 Å². The molecule has 1 amide bonds. The van der Waals surface area contributed by atoms with E-state index in [9.17, 15) is 4.79 Å². The zero-order valence-electron chi connectivity index (χ0n) is 16.7. The van der Waals surface area contributed by atoms with Gasteiger partial charge >= 0.3 is 6.01 Å². The molecule has 1 spiro atoms. The second kappa shape index (κ2) is 7.43. The summed E-state index contributed by atoms with van der Waals surface area (Å²) < 4.78 is 5.76. The highest BCUT2D eigenvalue weighted by Gasteiger charge is 2.45. The first kappa shape index (κ1) is 19.1. The van der Waals surface area contributed by atoms with E-state index in [0.29, 0.717) is 16.3 Å². The maximum Gasteiger partial charge on any atom is 0.316 e. The van der Waals surface area contributed by atoms with Crippen molar-refractivity contribution in [3.8, 4) is 22.7 Å². The smallest absolute Gasteiger partial charge is 0.316 e. The molecule has 3 heterocycles. The summed E-state index contributed by atoms with van der Waals surface area (Å²) in [7, 11) is 0. The van der Waals surface area contributed by atoms with E-state index in [1.54, 1.807) is 12.3 Å². The average Bonchev–Trinajstić information content (AvgIpc) is 3.15. The van der Waals surface area contributed by atoms with E-state index in [-0.39, 0.29) is 11.9 Å². The minimum atomic E-state index is -0.433. The van der Waals surface area contributed by atoms with Gasteiger partial charge in [0.15, 0.2) is 0 Å². The van der Waals surface area contributed by atoms with Crippen LogP contribution in [0.3, 0.4) is 0 Å². The Morgan fingerprint density at radius 2 is 2.03 bits per heavy atom. The lowest BCUT2D eigenvalue weighted by atomic mass is 9.93. The summed E-state index contributed by atoms with van der Waals surface area (Å²) >= 11 is 6.31. The van der Waals surface area contributed by atoms with Gasteiger partial charge in [-0.2, -0.15) is 5.10 Å². The Morgan fingerprint density at radius 1 is 1.23 bits per heavy atom. The second-order valence-electron chi connectivity index (χ2n) is 8.27. The number of amides is 1. The van der Waals surface area contributed by atoms with E-state index in [4.69, 9.17) is 16.0 Å². The fraction of sp³-hybridized carbons (Fsp3) is 0.429. The summed E-state index contributed by atoms with van der Waals surface area (Å²) in [5, 5.41) is 18.7. The van der Waals surface area contributed by atoms with E-state index in [2.05, 4.69) is 25.7 Å². The molecule has 1 aliphatic heterocycles. The van der Waals surface area contributed by atoms with Gasteiger partial charge in [-0.05, 0) is 62.3 Å². The number of piperidine rings is 1. The lowest BCUT2D eigenvalue weighted by molar-refractivity contribution is -0.133. The number of hydrogen-bond donors (Lipinski definition) is 2. The number of carbonyl (C=O) groups excluding carboxylic acids is 1. The highest BCUT2D eigenvalue weighted by atomic mass is 35.5. The van der Waals surface area contributed by atoms with Crippen molar-refractivity contribution in [3.63, 3.8) is 0 Å². The fourth-order valence-corrected chi connectivity index (χ4v) is 4.29. The summed E-state index contributed by atoms with van der Waals surface area (Å²) in [5.41, 5.74) is 2.87. The van der Waals surface area contributed by atoms with Gasteiger partial charge in [-0.1, -0.05) is 16.7 Å². The van der Waals surface area contributed by atoms with Crippen LogP contribution in [0, 0.1) is 5.41 Å². The number of nitrogens with zero attached hydrogens (tertiary/aromatic N) is 4. The zero-order valence-corrected chi connectivity index (χ0v) is 17.4. The van der Waals surface area contributed by atoms with E-state index < -0.39 is 6.04 Å². The van der Waals surface area contributed by atoms with Gasteiger partial charge in [0.1, 0.15) is 6.04 Å². The van der Waals surface area contributed by atoms with Gasteiger partial charge < -0.3 is 14.6 Å². The number of aromatic amines is 1. The fourth-order valence-electron chi connectivity index (χ4n) is 4.07. The van der Waals surface area contributed by atoms with Crippen molar-refractivity contribution in [2.75, 3.05) is 18.4 Å². The lowest BCUT2D eigenvalue weighted by Gasteiger charge is -2.33. The van der Waals surface area contributed by atoms with Crippen LogP contribution in [0.4, 0.5) is 6.01 Å². The van der Waals surface area contributed by atoms with Crippen molar-refractivity contribution in [3.05, 3.63) is 35.5 Å². The first-order chi connectivity index (χ1) is 14.5. The Bertz CT molecular complexity index is 1050.